The molecule has 2 aromatic rings. The Labute approximate surface area is 144 Å². The lowest BCUT2D eigenvalue weighted by molar-refractivity contribution is -0.122. The monoisotopic (exact) mass is 343 g/mol. The van der Waals surface area contributed by atoms with Gasteiger partial charge >= 0.3 is 0 Å². The lowest BCUT2D eigenvalue weighted by Gasteiger charge is -2.54. The molecule has 0 spiro atoms. The van der Waals surface area contributed by atoms with E-state index in [2.05, 4.69) is 25.3 Å². The number of hydrogen-bond donors (Lipinski definition) is 2. The molecule has 4 fully saturated rings. The predicted molar refractivity (Wildman–Crippen MR) is 91.4 cm³/mol. The molecular weight excluding hydrogens is 322 g/mol. The molecule has 7 heteroatoms. The van der Waals surface area contributed by atoms with Gasteiger partial charge in [-0.1, -0.05) is 11.8 Å². The van der Waals surface area contributed by atoms with Gasteiger partial charge in [0.2, 0.25) is 5.91 Å². The first kappa shape index (κ1) is 14.7. The molecule has 0 aromatic carbocycles. The molecule has 0 radical (unpaired) electrons. The minimum Gasteiger partial charge on any atom is -0.352 e. The Morgan fingerprint density at radius 2 is 1.88 bits per heavy atom. The molecule has 2 heterocycles. The summed E-state index contributed by atoms with van der Waals surface area (Å²) >= 11 is 1.45. The maximum Gasteiger partial charge on any atom is 0.230 e. The summed E-state index contributed by atoms with van der Waals surface area (Å²) < 4.78 is 0. The molecule has 6 nitrogen and oxygen atoms in total. The standard InChI is InChI=1S/C17H21N5OS/c23-13(6-24-17-15-16(19-7-18-15)20-8-21-17)22-14-11-2-9-1-10(4-11)5-12(14)3-9/h7-12,14H,1-6H2,(H,22,23)(H,18,19,20,21). The predicted octanol–water partition coefficient (Wildman–Crippen LogP) is 2.39. The molecule has 0 aliphatic heterocycles. The number of aromatic amines is 1. The van der Waals surface area contributed by atoms with Crippen LogP contribution in [0.5, 0.6) is 0 Å². The van der Waals surface area contributed by atoms with E-state index in [9.17, 15) is 4.79 Å². The van der Waals surface area contributed by atoms with Gasteiger partial charge in [-0.15, -0.1) is 0 Å². The normalized spacial score (nSPS) is 33.9. The molecule has 126 valence electrons. The molecule has 2 aromatic heterocycles. The van der Waals surface area contributed by atoms with E-state index < -0.39 is 0 Å². The van der Waals surface area contributed by atoms with Gasteiger partial charge in [0.25, 0.3) is 0 Å². The van der Waals surface area contributed by atoms with Gasteiger partial charge in [-0.2, -0.15) is 0 Å². The number of amides is 1. The second kappa shape index (κ2) is 5.72. The van der Waals surface area contributed by atoms with E-state index >= 15 is 0 Å². The number of H-pyrrole nitrogens is 1. The van der Waals surface area contributed by atoms with Crippen LogP contribution >= 0.6 is 11.8 Å². The maximum absolute atomic E-state index is 12.5. The number of carbonyl (C=O) groups excluding carboxylic acids is 1. The van der Waals surface area contributed by atoms with Crippen molar-refractivity contribution in [2.45, 2.75) is 43.2 Å². The highest BCUT2D eigenvalue weighted by Gasteiger charge is 2.48. The second-order valence-electron chi connectivity index (χ2n) is 7.59. The van der Waals surface area contributed by atoms with Gasteiger partial charge in [-0.25, -0.2) is 15.0 Å². The lowest BCUT2D eigenvalue weighted by atomic mass is 9.54. The summed E-state index contributed by atoms with van der Waals surface area (Å²) in [5.74, 6) is 3.83. The van der Waals surface area contributed by atoms with Gasteiger partial charge in [0, 0.05) is 6.04 Å². The van der Waals surface area contributed by atoms with Crippen molar-refractivity contribution < 1.29 is 4.79 Å². The molecule has 4 aliphatic rings. The van der Waals surface area contributed by atoms with Crippen molar-refractivity contribution in [3.63, 3.8) is 0 Å². The zero-order valence-electron chi connectivity index (χ0n) is 13.4. The number of imidazole rings is 1. The summed E-state index contributed by atoms with van der Waals surface area (Å²) in [5.41, 5.74) is 1.46. The van der Waals surface area contributed by atoms with Crippen LogP contribution in [0, 0.1) is 23.7 Å². The molecule has 4 aliphatic carbocycles. The average molecular weight is 343 g/mol. The lowest BCUT2D eigenvalue weighted by Crippen LogP contribution is -2.56. The Morgan fingerprint density at radius 3 is 2.62 bits per heavy atom. The first-order chi connectivity index (χ1) is 11.8. The smallest absolute Gasteiger partial charge is 0.230 e. The molecule has 4 saturated carbocycles. The van der Waals surface area contributed by atoms with Gasteiger partial charge in [0.05, 0.1) is 12.1 Å². The number of hydrogen-bond acceptors (Lipinski definition) is 5. The Kier molecular flexibility index (Phi) is 3.50. The van der Waals surface area contributed by atoms with Crippen molar-refractivity contribution in [3.8, 4) is 0 Å². The van der Waals surface area contributed by atoms with Crippen LogP contribution < -0.4 is 5.32 Å². The number of thioether (sulfide) groups is 1. The van der Waals surface area contributed by atoms with Crippen LogP contribution in [0.25, 0.3) is 11.2 Å². The van der Waals surface area contributed by atoms with E-state index in [0.717, 1.165) is 22.4 Å². The highest BCUT2D eigenvalue weighted by atomic mass is 32.2. The Hall–Kier alpha value is -1.63. The van der Waals surface area contributed by atoms with Crippen LogP contribution in [-0.2, 0) is 4.79 Å². The maximum atomic E-state index is 12.5. The molecular formula is C17H21N5OS. The van der Waals surface area contributed by atoms with Gasteiger partial charge < -0.3 is 10.3 Å². The fourth-order valence-electron chi connectivity index (χ4n) is 5.37. The Bertz CT molecular complexity index is 747. The fourth-order valence-corrected chi connectivity index (χ4v) is 6.14. The molecule has 1 amide bonds. The van der Waals surface area contributed by atoms with Crippen molar-refractivity contribution in [2.24, 2.45) is 23.7 Å². The second-order valence-corrected chi connectivity index (χ2v) is 8.56. The largest absolute Gasteiger partial charge is 0.352 e. The van der Waals surface area contributed by atoms with E-state index in [1.807, 2.05) is 0 Å². The number of aromatic nitrogens is 4. The van der Waals surface area contributed by atoms with Gasteiger partial charge in [0.15, 0.2) is 5.65 Å². The van der Waals surface area contributed by atoms with Gasteiger partial charge in [-0.05, 0) is 55.8 Å². The van der Waals surface area contributed by atoms with Crippen molar-refractivity contribution >= 4 is 28.8 Å². The quantitative estimate of drug-likeness (QED) is 0.658. The molecule has 0 atom stereocenters. The van der Waals surface area contributed by atoms with Crippen molar-refractivity contribution in [1.29, 1.82) is 0 Å². The van der Waals surface area contributed by atoms with Crippen LogP contribution in [0.15, 0.2) is 17.7 Å². The average Bonchev–Trinajstić information content (AvgIpc) is 3.05. The summed E-state index contributed by atoms with van der Waals surface area (Å²) in [6.07, 6.45) is 9.85. The number of nitrogens with one attached hydrogen (secondary N) is 2. The van der Waals surface area contributed by atoms with E-state index in [4.69, 9.17) is 0 Å². The molecule has 24 heavy (non-hydrogen) atoms. The summed E-state index contributed by atoms with van der Waals surface area (Å²) in [7, 11) is 0. The summed E-state index contributed by atoms with van der Waals surface area (Å²) in [5, 5.41) is 4.13. The van der Waals surface area contributed by atoms with Crippen molar-refractivity contribution in [1.82, 2.24) is 25.3 Å². The third-order valence-electron chi connectivity index (χ3n) is 6.08. The number of fused-ring (bicyclic) bond motifs is 1. The van der Waals surface area contributed by atoms with Crippen molar-refractivity contribution in [2.75, 3.05) is 5.75 Å². The Morgan fingerprint density at radius 1 is 1.12 bits per heavy atom. The molecule has 4 bridgehead atoms. The van der Waals surface area contributed by atoms with Crippen LogP contribution in [0.3, 0.4) is 0 Å². The summed E-state index contributed by atoms with van der Waals surface area (Å²) in [6, 6.07) is 0.406. The zero-order valence-corrected chi connectivity index (χ0v) is 14.3. The highest BCUT2D eigenvalue weighted by molar-refractivity contribution is 8.00. The molecule has 0 unspecified atom stereocenters. The fraction of sp³-hybridized carbons (Fsp3) is 0.647. The zero-order chi connectivity index (χ0) is 16.1. The minimum absolute atomic E-state index is 0.128. The van der Waals surface area contributed by atoms with Gasteiger partial charge in [0.1, 0.15) is 16.9 Å². The molecule has 2 N–H and O–H groups in total. The van der Waals surface area contributed by atoms with Crippen LogP contribution in [0.4, 0.5) is 0 Å². The van der Waals surface area contributed by atoms with E-state index in [0.29, 0.717) is 29.3 Å². The number of carbonyl (C=O) groups is 1. The van der Waals surface area contributed by atoms with Crippen LogP contribution in [0.1, 0.15) is 32.1 Å². The topological polar surface area (TPSA) is 83.6 Å². The van der Waals surface area contributed by atoms with Crippen LogP contribution in [0.2, 0.25) is 0 Å². The number of rotatable bonds is 4. The van der Waals surface area contributed by atoms with E-state index in [1.165, 1.54) is 50.2 Å². The van der Waals surface area contributed by atoms with Crippen LogP contribution in [-0.4, -0.2) is 37.6 Å². The van der Waals surface area contributed by atoms with Crippen molar-refractivity contribution in [3.05, 3.63) is 12.7 Å². The SMILES string of the molecule is O=C(CSc1ncnc2nc[nH]c12)NC1C2CC3CC(C2)CC1C3. The third kappa shape index (κ3) is 2.49. The summed E-state index contributed by atoms with van der Waals surface area (Å²) in [4.78, 5) is 28.0. The molecule has 0 saturated heterocycles. The first-order valence-electron chi connectivity index (χ1n) is 8.82. The summed E-state index contributed by atoms with van der Waals surface area (Å²) in [6.45, 7) is 0. The highest BCUT2D eigenvalue weighted by Crippen LogP contribution is 2.53. The number of nitrogens with zero attached hydrogens (tertiary/aromatic N) is 3. The third-order valence-corrected chi connectivity index (χ3v) is 7.07. The minimum atomic E-state index is 0.128. The van der Waals surface area contributed by atoms with Gasteiger partial charge in [-0.3, -0.25) is 4.79 Å². The first-order valence-corrected chi connectivity index (χ1v) is 9.81. The van der Waals surface area contributed by atoms with E-state index in [1.54, 1.807) is 6.33 Å². The molecule has 6 rings (SSSR count). The Balaban J connectivity index is 1.23. The van der Waals surface area contributed by atoms with E-state index in [-0.39, 0.29) is 5.91 Å².